The summed E-state index contributed by atoms with van der Waals surface area (Å²) in [5.41, 5.74) is -0.0829. The zero-order valence-corrected chi connectivity index (χ0v) is 9.52. The summed E-state index contributed by atoms with van der Waals surface area (Å²) < 4.78 is 10.3. The molecule has 0 spiro atoms. The Morgan fingerprint density at radius 2 is 2.18 bits per heavy atom. The molecule has 0 saturated heterocycles. The summed E-state index contributed by atoms with van der Waals surface area (Å²) in [6.45, 7) is 0. The van der Waals surface area contributed by atoms with E-state index in [0.717, 1.165) is 4.68 Å². The lowest BCUT2D eigenvalue weighted by molar-refractivity contribution is -0.668. The molecule has 0 aliphatic rings. The van der Waals surface area contributed by atoms with Crippen LogP contribution in [0.3, 0.4) is 0 Å². The third-order valence-electron chi connectivity index (χ3n) is 2.14. The van der Waals surface area contributed by atoms with Gasteiger partial charge in [-0.1, -0.05) is 12.1 Å². The summed E-state index contributed by atoms with van der Waals surface area (Å²) in [4.78, 5) is 22.6. The summed E-state index contributed by atoms with van der Waals surface area (Å²) in [7, 11) is 1.27. The molecule has 1 heterocycles. The number of aromatic nitrogens is 2. The average Bonchev–Trinajstić information content (AvgIpc) is 2.69. The first-order valence-electron chi connectivity index (χ1n) is 4.62. The van der Waals surface area contributed by atoms with Gasteiger partial charge >= 0.3 is 16.7 Å². The van der Waals surface area contributed by atoms with Crippen molar-refractivity contribution in [3.63, 3.8) is 0 Å². The van der Waals surface area contributed by atoms with Crippen molar-refractivity contribution >= 4 is 17.6 Å². The molecule has 2 aromatic rings. The second-order valence-corrected chi connectivity index (χ2v) is 3.47. The molecule has 0 radical (unpaired) electrons. The normalized spacial score (nSPS) is 10.2. The van der Waals surface area contributed by atoms with Gasteiger partial charge in [0, 0.05) is 17.7 Å². The van der Waals surface area contributed by atoms with Crippen LogP contribution in [0.2, 0.25) is 5.15 Å². The fourth-order valence-corrected chi connectivity index (χ4v) is 1.53. The molecule has 2 rings (SSSR count). The van der Waals surface area contributed by atoms with Crippen LogP contribution in [-0.2, 0) is 4.74 Å². The van der Waals surface area contributed by atoms with Crippen molar-refractivity contribution in [3.8, 4) is 5.69 Å². The van der Waals surface area contributed by atoms with Gasteiger partial charge in [-0.2, -0.15) is 0 Å². The molecule has 0 atom stereocenters. The van der Waals surface area contributed by atoms with E-state index in [9.17, 15) is 9.59 Å². The van der Waals surface area contributed by atoms with Gasteiger partial charge in [-0.05, 0) is 16.0 Å². The third-order valence-corrected chi connectivity index (χ3v) is 2.47. The van der Waals surface area contributed by atoms with Gasteiger partial charge in [-0.3, -0.25) is 4.52 Å². The maximum Gasteiger partial charge on any atom is 0.447 e. The second-order valence-electron chi connectivity index (χ2n) is 3.12. The number of hydrogen-bond acceptors (Lipinski definition) is 4. The van der Waals surface area contributed by atoms with Crippen LogP contribution in [0.25, 0.3) is 5.69 Å². The molecule has 0 unspecified atom stereocenters. The maximum atomic E-state index is 11.5. The first-order chi connectivity index (χ1) is 8.15. The second kappa shape index (κ2) is 4.42. The topological polar surface area (TPSA) is 76.2 Å². The van der Waals surface area contributed by atoms with Gasteiger partial charge in [-0.25, -0.2) is 9.59 Å². The minimum atomic E-state index is -0.716. The predicted octanol–water partition coefficient (Wildman–Crippen LogP) is 0.685. The van der Waals surface area contributed by atoms with Gasteiger partial charge in [-0.15, -0.1) is 0 Å². The van der Waals surface area contributed by atoms with Crippen LogP contribution in [0.4, 0.5) is 0 Å². The predicted molar refractivity (Wildman–Crippen MR) is 57.2 cm³/mol. The zero-order chi connectivity index (χ0) is 12.4. The number of aromatic amines is 1. The maximum absolute atomic E-state index is 11.5. The van der Waals surface area contributed by atoms with Crippen molar-refractivity contribution < 1.29 is 18.7 Å². The van der Waals surface area contributed by atoms with Crippen LogP contribution in [0.15, 0.2) is 33.6 Å². The summed E-state index contributed by atoms with van der Waals surface area (Å²) in [6.07, 6.45) is 0. The fraction of sp³-hybridized carbons (Fsp3) is 0.100. The minimum absolute atomic E-state index is 0.179. The van der Waals surface area contributed by atoms with E-state index < -0.39 is 11.6 Å². The highest BCUT2D eigenvalue weighted by Crippen LogP contribution is 2.10. The first kappa shape index (κ1) is 11.4. The zero-order valence-electron chi connectivity index (χ0n) is 8.77. The van der Waals surface area contributed by atoms with Crippen molar-refractivity contribution in [2.75, 3.05) is 7.11 Å². The summed E-state index contributed by atoms with van der Waals surface area (Å²) in [5.74, 6) is -0.536. The Bertz CT molecular complexity index is 617. The molecule has 0 aliphatic heterocycles. The van der Waals surface area contributed by atoms with E-state index in [0.29, 0.717) is 5.69 Å². The minimum Gasteiger partial charge on any atom is -0.465 e. The van der Waals surface area contributed by atoms with Crippen molar-refractivity contribution in [2.24, 2.45) is 0 Å². The number of rotatable bonds is 2. The number of halogens is 1. The van der Waals surface area contributed by atoms with Gasteiger partial charge in [0.05, 0.1) is 7.11 Å². The van der Waals surface area contributed by atoms with Crippen molar-refractivity contribution in [1.29, 1.82) is 0 Å². The van der Waals surface area contributed by atoms with Crippen molar-refractivity contribution in [1.82, 2.24) is 5.27 Å². The van der Waals surface area contributed by atoms with Gasteiger partial charge in [0.15, 0.2) is 0 Å². The number of hydrogen-bond donors (Lipinski definition) is 1. The summed E-state index contributed by atoms with van der Waals surface area (Å²) in [6, 6.07) is 6.51. The third kappa shape index (κ3) is 1.94. The number of nitrogens with zero attached hydrogens (tertiary/aromatic N) is 1. The van der Waals surface area contributed by atoms with Crippen molar-refractivity contribution in [3.05, 3.63) is 45.4 Å². The molecular formula is C10H8ClN2O4+. The number of benzene rings is 1. The number of esters is 1. The Hall–Kier alpha value is -2.08. The van der Waals surface area contributed by atoms with Gasteiger partial charge < -0.3 is 4.74 Å². The van der Waals surface area contributed by atoms with Gasteiger partial charge in [0.1, 0.15) is 5.56 Å². The SMILES string of the molecule is COC(=O)c1ccccc1-[n+]1[nH]oc(=O)c1Cl. The van der Waals surface area contributed by atoms with E-state index in [1.807, 2.05) is 0 Å². The number of ether oxygens (including phenoxy) is 1. The number of carbonyl (C=O) groups is 1. The van der Waals surface area contributed by atoms with E-state index in [-0.39, 0.29) is 10.7 Å². The highest BCUT2D eigenvalue weighted by molar-refractivity contribution is 6.28. The number of H-pyrrole nitrogens is 1. The average molecular weight is 256 g/mol. The standard InChI is InChI=1S/C10H7ClN2O4/c1-16-9(14)6-4-2-3-5-7(6)13-8(11)10(15)17-12-13/h2-5H,1H3/p+1. The Morgan fingerprint density at radius 3 is 2.76 bits per heavy atom. The number of para-hydroxylation sites is 1. The number of methoxy groups -OCH3 is 1. The molecule has 0 bridgehead atoms. The molecule has 1 aromatic carbocycles. The van der Waals surface area contributed by atoms with E-state index >= 15 is 0 Å². The molecule has 0 fully saturated rings. The summed E-state index contributed by atoms with van der Waals surface area (Å²) >= 11 is 5.74. The number of carbonyl (C=O) groups excluding carboxylic acids is 1. The van der Waals surface area contributed by atoms with Crippen LogP contribution in [0, 0.1) is 0 Å². The molecule has 7 heteroatoms. The van der Waals surface area contributed by atoms with Crippen LogP contribution in [-0.4, -0.2) is 18.4 Å². The van der Waals surface area contributed by atoms with Crippen LogP contribution < -0.4 is 10.3 Å². The Labute approximate surface area is 100 Å². The van der Waals surface area contributed by atoms with Gasteiger partial charge in [0.2, 0.25) is 0 Å². The molecule has 0 aliphatic carbocycles. The quantitative estimate of drug-likeness (QED) is 0.633. The molecule has 0 amide bonds. The van der Waals surface area contributed by atoms with E-state index in [2.05, 4.69) is 14.5 Å². The number of nitrogens with one attached hydrogen (secondary N) is 1. The molecule has 6 nitrogen and oxygen atoms in total. The smallest absolute Gasteiger partial charge is 0.447 e. The van der Waals surface area contributed by atoms with Gasteiger partial charge in [0.25, 0.3) is 5.69 Å². The molecule has 17 heavy (non-hydrogen) atoms. The molecular weight excluding hydrogens is 248 g/mol. The molecule has 1 N–H and O–H groups in total. The largest absolute Gasteiger partial charge is 0.465 e. The van der Waals surface area contributed by atoms with E-state index in [4.69, 9.17) is 11.6 Å². The Morgan fingerprint density at radius 1 is 1.47 bits per heavy atom. The highest BCUT2D eigenvalue weighted by atomic mass is 35.5. The van der Waals surface area contributed by atoms with Crippen LogP contribution in [0.5, 0.6) is 0 Å². The molecule has 1 aromatic heterocycles. The lowest BCUT2D eigenvalue weighted by Crippen LogP contribution is -2.36. The van der Waals surface area contributed by atoms with E-state index in [1.54, 1.807) is 24.3 Å². The van der Waals surface area contributed by atoms with Crippen LogP contribution in [0.1, 0.15) is 10.4 Å². The first-order valence-corrected chi connectivity index (χ1v) is 4.99. The highest BCUT2D eigenvalue weighted by Gasteiger charge is 2.26. The lowest BCUT2D eigenvalue weighted by atomic mass is 10.2. The van der Waals surface area contributed by atoms with Crippen LogP contribution >= 0.6 is 11.6 Å². The monoisotopic (exact) mass is 255 g/mol. The summed E-state index contributed by atoms with van der Waals surface area (Å²) in [5, 5.41) is 2.12. The molecule has 88 valence electrons. The molecule has 0 saturated carbocycles. The Balaban J connectivity index is 2.64. The lowest BCUT2D eigenvalue weighted by Gasteiger charge is -1.99. The van der Waals surface area contributed by atoms with E-state index in [1.165, 1.54) is 7.11 Å². The Kier molecular flexibility index (Phi) is 2.97. The fourth-order valence-electron chi connectivity index (χ4n) is 1.37. The van der Waals surface area contributed by atoms with Crippen molar-refractivity contribution in [2.45, 2.75) is 0 Å².